The first-order chi connectivity index (χ1) is 8.78. The second-order valence-corrected chi connectivity index (χ2v) is 5.21. The summed E-state index contributed by atoms with van der Waals surface area (Å²) in [6.45, 7) is 5.66. The van der Waals surface area contributed by atoms with Crippen LogP contribution >= 0.6 is 0 Å². The number of nitrogen functional groups attached to an aromatic ring is 1. The lowest BCUT2D eigenvalue weighted by Crippen LogP contribution is -2.29. The van der Waals surface area contributed by atoms with Crippen LogP contribution in [0.25, 0.3) is 0 Å². The number of hydrogen-bond donors (Lipinski definition) is 2. The van der Waals surface area contributed by atoms with Crippen molar-refractivity contribution in [3.8, 4) is 0 Å². The van der Waals surface area contributed by atoms with Crippen molar-refractivity contribution in [3.05, 3.63) is 29.8 Å². The van der Waals surface area contributed by atoms with Gasteiger partial charge in [0.05, 0.1) is 6.42 Å². The Bertz CT molecular complexity index is 447. The lowest BCUT2D eigenvalue weighted by Gasteiger charge is -2.19. The van der Waals surface area contributed by atoms with E-state index in [1.807, 2.05) is 0 Å². The summed E-state index contributed by atoms with van der Waals surface area (Å²) in [5.41, 5.74) is 6.15. The molecule has 0 unspecified atom stereocenters. The Labute approximate surface area is 113 Å². The summed E-state index contributed by atoms with van der Waals surface area (Å²) < 4.78 is 5.13. The van der Waals surface area contributed by atoms with E-state index in [9.17, 15) is 9.59 Å². The Kier molecular flexibility index (Phi) is 4.92. The molecule has 0 aliphatic rings. The van der Waals surface area contributed by atoms with E-state index < -0.39 is 5.60 Å². The Hall–Kier alpha value is -2.04. The zero-order valence-electron chi connectivity index (χ0n) is 11.5. The highest BCUT2D eigenvalue weighted by atomic mass is 16.6. The molecule has 1 amide bonds. The highest BCUT2D eigenvalue weighted by Gasteiger charge is 2.16. The van der Waals surface area contributed by atoms with Gasteiger partial charge in [-0.1, -0.05) is 0 Å². The van der Waals surface area contributed by atoms with Gasteiger partial charge in [-0.2, -0.15) is 0 Å². The number of nitrogens with one attached hydrogen (secondary N) is 1. The molecule has 0 aliphatic heterocycles. The first-order valence-corrected chi connectivity index (χ1v) is 6.13. The van der Waals surface area contributed by atoms with Crippen molar-refractivity contribution in [2.75, 3.05) is 12.3 Å². The third-order valence-corrected chi connectivity index (χ3v) is 2.21. The molecule has 0 radical (unpaired) electrons. The van der Waals surface area contributed by atoms with E-state index in [0.29, 0.717) is 11.3 Å². The molecule has 1 aromatic carbocycles. The molecule has 0 atom stereocenters. The third-order valence-electron chi connectivity index (χ3n) is 2.21. The molecule has 0 bridgehead atoms. The molecule has 0 fully saturated rings. The number of carbonyl (C=O) groups is 2. The van der Waals surface area contributed by atoms with Gasteiger partial charge in [-0.15, -0.1) is 0 Å². The quantitative estimate of drug-likeness (QED) is 0.641. The van der Waals surface area contributed by atoms with Crippen molar-refractivity contribution in [3.63, 3.8) is 0 Å². The molecule has 19 heavy (non-hydrogen) atoms. The number of esters is 1. The number of carbonyl (C=O) groups excluding carboxylic acids is 2. The van der Waals surface area contributed by atoms with Gasteiger partial charge in [-0.3, -0.25) is 9.59 Å². The summed E-state index contributed by atoms with van der Waals surface area (Å²) in [4.78, 5) is 23.1. The largest absolute Gasteiger partial charge is 0.460 e. The number of nitrogens with two attached hydrogens (primary N) is 1. The highest BCUT2D eigenvalue weighted by molar-refractivity contribution is 5.94. The molecule has 0 spiro atoms. The molecule has 1 aromatic rings. The summed E-state index contributed by atoms with van der Waals surface area (Å²) in [6.07, 6.45) is 0.151. The summed E-state index contributed by atoms with van der Waals surface area (Å²) >= 11 is 0. The van der Waals surface area contributed by atoms with Crippen LogP contribution in [-0.2, 0) is 9.53 Å². The Morgan fingerprint density at radius 3 is 2.32 bits per heavy atom. The van der Waals surface area contributed by atoms with Crippen LogP contribution in [0.4, 0.5) is 5.69 Å². The lowest BCUT2D eigenvalue weighted by molar-refractivity contribution is -0.154. The minimum Gasteiger partial charge on any atom is -0.460 e. The van der Waals surface area contributed by atoms with Gasteiger partial charge in [0.25, 0.3) is 5.91 Å². The van der Waals surface area contributed by atoms with Gasteiger partial charge in [0.2, 0.25) is 0 Å². The summed E-state index contributed by atoms with van der Waals surface area (Å²) in [7, 11) is 0. The van der Waals surface area contributed by atoms with Crippen molar-refractivity contribution >= 4 is 17.6 Å². The standard InChI is InChI=1S/C14H20N2O3/c1-14(2,3)19-12(17)8-9-16-13(18)10-4-6-11(15)7-5-10/h4-7H,8-9,15H2,1-3H3,(H,16,18). The van der Waals surface area contributed by atoms with Gasteiger partial charge < -0.3 is 15.8 Å². The second-order valence-electron chi connectivity index (χ2n) is 5.21. The van der Waals surface area contributed by atoms with Gasteiger partial charge in [-0.25, -0.2) is 0 Å². The van der Waals surface area contributed by atoms with Gasteiger partial charge in [0, 0.05) is 17.8 Å². The van der Waals surface area contributed by atoms with Crippen LogP contribution < -0.4 is 11.1 Å². The van der Waals surface area contributed by atoms with Crippen molar-refractivity contribution in [2.24, 2.45) is 0 Å². The van der Waals surface area contributed by atoms with Gasteiger partial charge in [-0.05, 0) is 45.0 Å². The minimum atomic E-state index is -0.502. The van der Waals surface area contributed by atoms with Gasteiger partial charge in [0.15, 0.2) is 0 Å². The van der Waals surface area contributed by atoms with E-state index >= 15 is 0 Å². The van der Waals surface area contributed by atoms with Gasteiger partial charge in [0.1, 0.15) is 5.60 Å². The molecular formula is C14H20N2O3. The number of hydrogen-bond acceptors (Lipinski definition) is 4. The number of amides is 1. The van der Waals surface area contributed by atoms with Crippen molar-refractivity contribution in [1.29, 1.82) is 0 Å². The van der Waals surface area contributed by atoms with Crippen LogP contribution in [0.1, 0.15) is 37.6 Å². The molecule has 104 valence electrons. The maximum atomic E-state index is 11.7. The van der Waals surface area contributed by atoms with Crippen LogP contribution in [0.3, 0.4) is 0 Å². The fourth-order valence-electron chi connectivity index (χ4n) is 1.41. The van der Waals surface area contributed by atoms with Crippen molar-refractivity contribution in [2.45, 2.75) is 32.8 Å². The summed E-state index contributed by atoms with van der Waals surface area (Å²) in [5, 5.41) is 2.65. The summed E-state index contributed by atoms with van der Waals surface area (Å²) in [5.74, 6) is -0.561. The fourth-order valence-corrected chi connectivity index (χ4v) is 1.41. The smallest absolute Gasteiger partial charge is 0.308 e. The average molecular weight is 264 g/mol. The molecule has 0 saturated heterocycles. The van der Waals surface area contributed by atoms with E-state index in [1.54, 1.807) is 45.0 Å². The minimum absolute atomic E-state index is 0.151. The van der Waals surface area contributed by atoms with Crippen molar-refractivity contribution < 1.29 is 14.3 Å². The molecule has 3 N–H and O–H groups in total. The number of rotatable bonds is 4. The second kappa shape index (κ2) is 6.22. The topological polar surface area (TPSA) is 81.4 Å². The maximum Gasteiger partial charge on any atom is 0.308 e. The Morgan fingerprint density at radius 1 is 1.21 bits per heavy atom. The third kappa shape index (κ3) is 5.90. The predicted molar refractivity (Wildman–Crippen MR) is 73.6 cm³/mol. The highest BCUT2D eigenvalue weighted by Crippen LogP contribution is 2.08. The molecule has 0 aliphatic carbocycles. The maximum absolute atomic E-state index is 11.7. The van der Waals surface area contributed by atoms with E-state index in [0.717, 1.165) is 0 Å². The molecule has 5 nitrogen and oxygen atoms in total. The van der Waals surface area contributed by atoms with E-state index in [2.05, 4.69) is 5.32 Å². The molecular weight excluding hydrogens is 244 g/mol. The summed E-state index contributed by atoms with van der Waals surface area (Å²) in [6, 6.07) is 6.59. The van der Waals surface area contributed by atoms with Crippen LogP contribution in [0.5, 0.6) is 0 Å². The van der Waals surface area contributed by atoms with Crippen LogP contribution in [0, 0.1) is 0 Å². The lowest BCUT2D eigenvalue weighted by atomic mass is 10.2. The molecule has 1 rings (SSSR count). The van der Waals surface area contributed by atoms with Crippen LogP contribution in [0.2, 0.25) is 0 Å². The Morgan fingerprint density at radius 2 is 1.79 bits per heavy atom. The number of benzene rings is 1. The zero-order valence-corrected chi connectivity index (χ0v) is 11.5. The molecule has 0 saturated carbocycles. The monoisotopic (exact) mass is 264 g/mol. The van der Waals surface area contributed by atoms with E-state index in [-0.39, 0.29) is 24.8 Å². The van der Waals surface area contributed by atoms with Crippen LogP contribution in [-0.4, -0.2) is 24.0 Å². The fraction of sp³-hybridized carbons (Fsp3) is 0.429. The Balaban J connectivity index is 2.35. The predicted octanol–water partition coefficient (Wildman–Crippen LogP) is 1.73. The van der Waals surface area contributed by atoms with E-state index in [1.165, 1.54) is 0 Å². The van der Waals surface area contributed by atoms with E-state index in [4.69, 9.17) is 10.5 Å². The number of ether oxygens (including phenoxy) is 1. The molecule has 0 heterocycles. The SMILES string of the molecule is CC(C)(C)OC(=O)CCNC(=O)c1ccc(N)cc1. The number of anilines is 1. The first kappa shape index (κ1) is 15.0. The normalized spacial score (nSPS) is 10.9. The van der Waals surface area contributed by atoms with Gasteiger partial charge >= 0.3 is 5.97 Å². The zero-order chi connectivity index (χ0) is 14.5. The average Bonchev–Trinajstić information content (AvgIpc) is 2.27. The molecule has 0 aromatic heterocycles. The van der Waals surface area contributed by atoms with Crippen LogP contribution in [0.15, 0.2) is 24.3 Å². The first-order valence-electron chi connectivity index (χ1n) is 6.13. The van der Waals surface area contributed by atoms with Crippen molar-refractivity contribution in [1.82, 2.24) is 5.32 Å². The molecule has 5 heteroatoms.